The van der Waals surface area contributed by atoms with Gasteiger partial charge in [-0.15, -0.1) is 0 Å². The Morgan fingerprint density at radius 2 is 2.00 bits per heavy atom. The van der Waals surface area contributed by atoms with Gasteiger partial charge in [0.1, 0.15) is 0 Å². The van der Waals surface area contributed by atoms with Crippen LogP contribution in [0.25, 0.3) is 11.5 Å². The SMILES string of the molecule is Cc1ccc(-c2nc(N3CCN4CCC3CC4)no2)cn1. The highest BCUT2D eigenvalue weighted by molar-refractivity contribution is 5.53. The molecule has 0 atom stereocenters. The van der Waals surface area contributed by atoms with E-state index in [-0.39, 0.29) is 0 Å². The summed E-state index contributed by atoms with van der Waals surface area (Å²) in [6.45, 7) is 6.41. The minimum absolute atomic E-state index is 0.547. The molecule has 0 radical (unpaired) electrons. The minimum atomic E-state index is 0.547. The first-order valence-corrected chi connectivity index (χ1v) is 7.55. The Labute approximate surface area is 123 Å². The van der Waals surface area contributed by atoms with Crippen LogP contribution in [-0.2, 0) is 0 Å². The van der Waals surface area contributed by atoms with Gasteiger partial charge in [0, 0.05) is 44.1 Å². The van der Waals surface area contributed by atoms with Crippen LogP contribution < -0.4 is 4.90 Å². The van der Waals surface area contributed by atoms with Crippen molar-refractivity contribution >= 4 is 5.95 Å². The molecule has 0 N–H and O–H groups in total. The Balaban J connectivity index is 1.60. The first-order chi connectivity index (χ1) is 10.3. The maximum atomic E-state index is 5.43. The largest absolute Gasteiger partial charge is 0.334 e. The first-order valence-electron chi connectivity index (χ1n) is 7.55. The lowest BCUT2D eigenvalue weighted by Crippen LogP contribution is -2.38. The lowest BCUT2D eigenvalue weighted by Gasteiger charge is -2.30. The zero-order chi connectivity index (χ0) is 14.2. The van der Waals surface area contributed by atoms with Gasteiger partial charge in [-0.2, -0.15) is 4.98 Å². The Hall–Kier alpha value is -1.95. The highest BCUT2D eigenvalue weighted by atomic mass is 16.5. The molecule has 3 aliphatic heterocycles. The highest BCUT2D eigenvalue weighted by Gasteiger charge is 2.31. The number of nitrogens with zero attached hydrogens (tertiary/aromatic N) is 5. The van der Waals surface area contributed by atoms with E-state index in [9.17, 15) is 0 Å². The molecule has 110 valence electrons. The maximum absolute atomic E-state index is 5.43. The maximum Gasteiger partial charge on any atom is 0.266 e. The third-order valence-corrected chi connectivity index (χ3v) is 4.49. The molecule has 0 unspecified atom stereocenters. The molecular weight excluding hydrogens is 266 g/mol. The summed E-state index contributed by atoms with van der Waals surface area (Å²) in [5.41, 5.74) is 1.86. The Kier molecular flexibility index (Phi) is 3.11. The second kappa shape index (κ2) is 5.11. The molecule has 5 heterocycles. The topological polar surface area (TPSA) is 58.3 Å². The van der Waals surface area contributed by atoms with E-state index in [2.05, 4.69) is 24.9 Å². The third kappa shape index (κ3) is 2.40. The molecule has 3 aliphatic rings. The van der Waals surface area contributed by atoms with Crippen molar-refractivity contribution in [2.75, 3.05) is 31.1 Å². The van der Waals surface area contributed by atoms with Crippen molar-refractivity contribution in [1.82, 2.24) is 20.0 Å². The number of rotatable bonds is 2. The van der Waals surface area contributed by atoms with E-state index in [1.165, 1.54) is 25.9 Å². The summed E-state index contributed by atoms with van der Waals surface area (Å²) in [6.07, 6.45) is 4.16. The number of piperidine rings is 1. The molecule has 21 heavy (non-hydrogen) atoms. The molecule has 3 saturated heterocycles. The van der Waals surface area contributed by atoms with Crippen LogP contribution in [0.3, 0.4) is 0 Å². The number of aryl methyl sites for hydroxylation is 1. The molecular formula is C15H19N5O. The van der Waals surface area contributed by atoms with Gasteiger partial charge in [0.05, 0.1) is 5.56 Å². The van der Waals surface area contributed by atoms with Crippen molar-refractivity contribution in [2.24, 2.45) is 0 Å². The van der Waals surface area contributed by atoms with Crippen molar-refractivity contribution in [3.63, 3.8) is 0 Å². The quantitative estimate of drug-likeness (QED) is 0.837. The average Bonchev–Trinajstić information content (AvgIpc) is 2.81. The summed E-state index contributed by atoms with van der Waals surface area (Å²) >= 11 is 0. The molecule has 3 fully saturated rings. The fourth-order valence-corrected chi connectivity index (χ4v) is 3.19. The van der Waals surface area contributed by atoms with Crippen LogP contribution in [0, 0.1) is 6.92 Å². The van der Waals surface area contributed by atoms with Crippen LogP contribution in [0.1, 0.15) is 18.5 Å². The Bertz CT molecular complexity index is 615. The summed E-state index contributed by atoms with van der Waals surface area (Å²) in [6, 6.07) is 4.48. The summed E-state index contributed by atoms with van der Waals surface area (Å²) in [4.78, 5) is 13.7. The first kappa shape index (κ1) is 12.8. The number of hydrogen-bond donors (Lipinski definition) is 0. The molecule has 5 rings (SSSR count). The zero-order valence-corrected chi connectivity index (χ0v) is 12.2. The Morgan fingerprint density at radius 1 is 1.14 bits per heavy atom. The van der Waals surface area contributed by atoms with Crippen LogP contribution in [0.5, 0.6) is 0 Å². The predicted molar refractivity (Wildman–Crippen MR) is 79.1 cm³/mol. The molecule has 2 aromatic heterocycles. The second-order valence-electron chi connectivity index (χ2n) is 5.85. The molecule has 0 amide bonds. The Morgan fingerprint density at radius 3 is 2.76 bits per heavy atom. The molecule has 0 saturated carbocycles. The number of aromatic nitrogens is 3. The minimum Gasteiger partial charge on any atom is -0.334 e. The summed E-state index contributed by atoms with van der Waals surface area (Å²) in [7, 11) is 0. The van der Waals surface area contributed by atoms with Gasteiger partial charge in [-0.3, -0.25) is 4.98 Å². The molecule has 0 aromatic carbocycles. The number of hydrogen-bond acceptors (Lipinski definition) is 6. The van der Waals surface area contributed by atoms with Crippen LogP contribution in [0.2, 0.25) is 0 Å². The van der Waals surface area contributed by atoms with Crippen LogP contribution in [-0.4, -0.2) is 52.2 Å². The molecule has 6 heteroatoms. The number of pyridine rings is 1. The van der Waals surface area contributed by atoms with Crippen LogP contribution >= 0.6 is 0 Å². The highest BCUT2D eigenvalue weighted by Crippen LogP contribution is 2.26. The van der Waals surface area contributed by atoms with Gasteiger partial charge in [0.2, 0.25) is 0 Å². The summed E-state index contributed by atoms with van der Waals surface area (Å²) in [5.74, 6) is 1.27. The fourth-order valence-electron chi connectivity index (χ4n) is 3.19. The van der Waals surface area contributed by atoms with Gasteiger partial charge in [-0.25, -0.2) is 0 Å². The van der Waals surface area contributed by atoms with Gasteiger partial charge >= 0.3 is 0 Å². The third-order valence-electron chi connectivity index (χ3n) is 4.49. The number of anilines is 1. The van der Waals surface area contributed by atoms with E-state index in [1.54, 1.807) is 6.20 Å². The van der Waals surface area contributed by atoms with Crippen molar-refractivity contribution in [3.8, 4) is 11.5 Å². The summed E-state index contributed by atoms with van der Waals surface area (Å²) < 4.78 is 5.43. The molecule has 6 nitrogen and oxygen atoms in total. The van der Waals surface area contributed by atoms with E-state index >= 15 is 0 Å². The van der Waals surface area contributed by atoms with Crippen molar-refractivity contribution in [2.45, 2.75) is 25.8 Å². The van der Waals surface area contributed by atoms with E-state index < -0.39 is 0 Å². The van der Waals surface area contributed by atoms with Gasteiger partial charge in [0.25, 0.3) is 11.8 Å². The van der Waals surface area contributed by atoms with Crippen molar-refractivity contribution < 1.29 is 4.52 Å². The van der Waals surface area contributed by atoms with E-state index in [4.69, 9.17) is 4.52 Å². The lowest BCUT2D eigenvalue weighted by molar-refractivity contribution is 0.250. The van der Waals surface area contributed by atoms with Gasteiger partial charge in [0.15, 0.2) is 0 Å². The average molecular weight is 285 g/mol. The predicted octanol–water partition coefficient (Wildman–Crippen LogP) is 1.72. The van der Waals surface area contributed by atoms with Crippen molar-refractivity contribution in [3.05, 3.63) is 24.0 Å². The van der Waals surface area contributed by atoms with Crippen LogP contribution in [0.4, 0.5) is 5.95 Å². The second-order valence-corrected chi connectivity index (χ2v) is 5.85. The monoisotopic (exact) mass is 285 g/mol. The van der Waals surface area contributed by atoms with Gasteiger partial charge < -0.3 is 14.3 Å². The lowest BCUT2D eigenvalue weighted by atomic mass is 10.1. The van der Waals surface area contributed by atoms with E-state index in [1.807, 2.05) is 19.1 Å². The van der Waals surface area contributed by atoms with Crippen LogP contribution in [0.15, 0.2) is 22.9 Å². The standard InChI is InChI=1S/C15H19N5O/c1-11-2-3-12(10-16-11)14-17-15(18-21-14)20-9-8-19-6-4-13(20)5-7-19/h2-3,10,13H,4-9H2,1H3. The van der Waals surface area contributed by atoms with Gasteiger partial charge in [-0.05, 0) is 37.1 Å². The normalized spacial score (nSPS) is 25.1. The zero-order valence-electron chi connectivity index (χ0n) is 12.2. The van der Waals surface area contributed by atoms with Gasteiger partial charge in [-0.1, -0.05) is 0 Å². The van der Waals surface area contributed by atoms with E-state index in [0.29, 0.717) is 11.9 Å². The summed E-state index contributed by atoms with van der Waals surface area (Å²) in [5, 5.41) is 4.19. The molecule has 2 aromatic rings. The number of fused-ring (bicyclic) bond motifs is 4. The molecule has 0 aliphatic carbocycles. The van der Waals surface area contributed by atoms with Crippen molar-refractivity contribution in [1.29, 1.82) is 0 Å². The van der Waals surface area contributed by atoms with E-state index in [0.717, 1.165) is 30.3 Å². The fraction of sp³-hybridized carbons (Fsp3) is 0.533. The molecule has 0 spiro atoms. The smallest absolute Gasteiger partial charge is 0.266 e. The molecule has 2 bridgehead atoms.